The van der Waals surface area contributed by atoms with Gasteiger partial charge in [0.25, 0.3) is 5.91 Å². The number of halogens is 1. The summed E-state index contributed by atoms with van der Waals surface area (Å²) in [7, 11) is 0. The fraction of sp³-hybridized carbons (Fsp3) is 0.389. The van der Waals surface area contributed by atoms with Gasteiger partial charge in [-0.15, -0.1) is 0 Å². The van der Waals surface area contributed by atoms with Crippen LogP contribution in [0.5, 0.6) is 0 Å². The summed E-state index contributed by atoms with van der Waals surface area (Å²) < 4.78 is 6.58. The molecule has 1 amide bonds. The molecule has 0 spiro atoms. The lowest BCUT2D eigenvalue weighted by Gasteiger charge is -2.33. The van der Waals surface area contributed by atoms with Gasteiger partial charge in [0.15, 0.2) is 0 Å². The third-order valence-electron chi connectivity index (χ3n) is 4.28. The first kappa shape index (κ1) is 16.5. The first-order valence-corrected chi connectivity index (χ1v) is 9.14. The number of hydrogen-bond donors (Lipinski definition) is 1. The van der Waals surface area contributed by atoms with Crippen molar-refractivity contribution in [3.8, 4) is 0 Å². The molecule has 0 aliphatic carbocycles. The van der Waals surface area contributed by atoms with Crippen LogP contribution in [-0.2, 0) is 0 Å². The highest BCUT2D eigenvalue weighted by Crippen LogP contribution is 2.24. The first-order valence-electron chi connectivity index (χ1n) is 8.06. The van der Waals surface area contributed by atoms with Crippen LogP contribution in [0.3, 0.4) is 0 Å². The minimum absolute atomic E-state index is 0.0245. The van der Waals surface area contributed by atoms with Crippen molar-refractivity contribution in [2.24, 2.45) is 0 Å². The van der Waals surface area contributed by atoms with Crippen LogP contribution in [-0.4, -0.2) is 30.4 Å². The molecule has 2 aromatic rings. The smallest absolute Gasteiger partial charge is 0.252 e. The number of hydrogen-bond acceptors (Lipinski definition) is 3. The average Bonchev–Trinajstić information content (AvgIpc) is 3.10. The lowest BCUT2D eigenvalue weighted by Crippen LogP contribution is -2.40. The minimum atomic E-state index is -0.0245. The zero-order chi connectivity index (χ0) is 16.1. The fourth-order valence-corrected chi connectivity index (χ4v) is 3.68. The second kappa shape index (κ2) is 7.97. The zero-order valence-electron chi connectivity index (χ0n) is 13.0. The van der Waals surface area contributed by atoms with E-state index in [1.165, 1.54) is 19.3 Å². The van der Waals surface area contributed by atoms with E-state index in [0.717, 1.165) is 28.0 Å². The Morgan fingerprint density at radius 3 is 2.65 bits per heavy atom. The van der Waals surface area contributed by atoms with Gasteiger partial charge < -0.3 is 9.73 Å². The fourth-order valence-electron chi connectivity index (χ4n) is 3.05. The van der Waals surface area contributed by atoms with Gasteiger partial charge in [-0.05, 0) is 72.8 Å². The van der Waals surface area contributed by atoms with E-state index in [-0.39, 0.29) is 11.9 Å². The summed E-state index contributed by atoms with van der Waals surface area (Å²) in [5, 5.41) is 3.08. The molecule has 1 fully saturated rings. The van der Waals surface area contributed by atoms with Crippen molar-refractivity contribution in [1.29, 1.82) is 0 Å². The maximum atomic E-state index is 12.5. The molecule has 23 heavy (non-hydrogen) atoms. The van der Waals surface area contributed by atoms with Crippen LogP contribution in [0.2, 0.25) is 0 Å². The molecule has 1 N–H and O–H groups in total. The van der Waals surface area contributed by atoms with Crippen LogP contribution < -0.4 is 5.32 Å². The lowest BCUT2D eigenvalue weighted by molar-refractivity contribution is 0.0913. The Balaban J connectivity index is 1.69. The number of nitrogens with zero attached hydrogens (tertiary/aromatic N) is 1. The van der Waals surface area contributed by atoms with Crippen LogP contribution in [0.25, 0.3) is 0 Å². The SMILES string of the molecule is O=C(NCC(c1ccco1)N1CCCCC1)c1ccccc1I. The molecule has 0 saturated carbocycles. The molecule has 3 rings (SSSR count). The number of piperidine rings is 1. The van der Waals surface area contributed by atoms with Gasteiger partial charge in [0.1, 0.15) is 5.76 Å². The van der Waals surface area contributed by atoms with E-state index in [1.54, 1.807) is 6.26 Å². The van der Waals surface area contributed by atoms with Gasteiger partial charge >= 0.3 is 0 Å². The van der Waals surface area contributed by atoms with E-state index in [1.807, 2.05) is 36.4 Å². The maximum Gasteiger partial charge on any atom is 0.252 e. The van der Waals surface area contributed by atoms with Crippen LogP contribution >= 0.6 is 22.6 Å². The van der Waals surface area contributed by atoms with E-state index < -0.39 is 0 Å². The Hall–Kier alpha value is -1.34. The lowest BCUT2D eigenvalue weighted by atomic mass is 10.1. The molecule has 1 aromatic heterocycles. The van der Waals surface area contributed by atoms with E-state index in [0.29, 0.717) is 6.54 Å². The molecule has 4 nitrogen and oxygen atoms in total. The number of benzene rings is 1. The highest BCUT2D eigenvalue weighted by atomic mass is 127. The molecule has 1 aliphatic rings. The van der Waals surface area contributed by atoms with Gasteiger partial charge in [0.2, 0.25) is 0 Å². The van der Waals surface area contributed by atoms with E-state index in [4.69, 9.17) is 4.42 Å². The Labute approximate surface area is 150 Å². The van der Waals surface area contributed by atoms with Gasteiger partial charge in [-0.1, -0.05) is 18.6 Å². The Kier molecular flexibility index (Phi) is 5.72. The number of likely N-dealkylation sites (tertiary alicyclic amines) is 1. The van der Waals surface area contributed by atoms with E-state index >= 15 is 0 Å². The summed E-state index contributed by atoms with van der Waals surface area (Å²) in [5.41, 5.74) is 0.727. The quantitative estimate of drug-likeness (QED) is 0.743. The highest BCUT2D eigenvalue weighted by molar-refractivity contribution is 14.1. The average molecular weight is 424 g/mol. The Bertz CT molecular complexity index is 636. The van der Waals surface area contributed by atoms with Gasteiger partial charge in [-0.25, -0.2) is 0 Å². The summed E-state index contributed by atoms with van der Waals surface area (Å²) in [5.74, 6) is 0.901. The summed E-state index contributed by atoms with van der Waals surface area (Å²) in [6.07, 6.45) is 5.41. The molecule has 1 unspecified atom stereocenters. The second-order valence-corrected chi connectivity index (χ2v) is 6.98. The standard InChI is InChI=1S/C18H21IN2O2/c19-15-8-3-2-7-14(15)18(22)20-13-16(17-9-6-12-23-17)21-10-4-1-5-11-21/h2-3,6-9,12,16H,1,4-5,10-11,13H2,(H,20,22). The maximum absolute atomic E-state index is 12.5. The highest BCUT2D eigenvalue weighted by Gasteiger charge is 2.25. The number of nitrogens with one attached hydrogen (secondary N) is 1. The van der Waals surface area contributed by atoms with Gasteiger partial charge in [-0.3, -0.25) is 9.69 Å². The third kappa shape index (κ3) is 4.14. The monoisotopic (exact) mass is 424 g/mol. The van der Waals surface area contributed by atoms with Crippen molar-refractivity contribution in [2.45, 2.75) is 25.3 Å². The van der Waals surface area contributed by atoms with Crippen molar-refractivity contribution in [3.63, 3.8) is 0 Å². The summed E-state index contributed by atoms with van der Waals surface area (Å²) in [6.45, 7) is 2.69. The predicted octanol–water partition coefficient (Wildman–Crippen LogP) is 3.84. The van der Waals surface area contributed by atoms with E-state index in [9.17, 15) is 4.79 Å². The third-order valence-corrected chi connectivity index (χ3v) is 5.22. The molecule has 2 heterocycles. The van der Waals surface area contributed by atoms with Crippen LogP contribution in [0.4, 0.5) is 0 Å². The van der Waals surface area contributed by atoms with Crippen LogP contribution in [0.1, 0.15) is 41.4 Å². The van der Waals surface area contributed by atoms with Crippen molar-refractivity contribution in [2.75, 3.05) is 19.6 Å². The van der Waals surface area contributed by atoms with Crippen molar-refractivity contribution < 1.29 is 9.21 Å². The Morgan fingerprint density at radius 1 is 1.17 bits per heavy atom. The first-order chi connectivity index (χ1) is 11.3. The van der Waals surface area contributed by atoms with Crippen molar-refractivity contribution in [3.05, 3.63) is 57.6 Å². The molecule has 5 heteroatoms. The van der Waals surface area contributed by atoms with Crippen molar-refractivity contribution in [1.82, 2.24) is 10.2 Å². The van der Waals surface area contributed by atoms with Crippen molar-refractivity contribution >= 4 is 28.5 Å². The van der Waals surface area contributed by atoms with Gasteiger partial charge in [0.05, 0.1) is 17.9 Å². The zero-order valence-corrected chi connectivity index (χ0v) is 15.2. The van der Waals surface area contributed by atoms with E-state index in [2.05, 4.69) is 32.8 Å². The topological polar surface area (TPSA) is 45.5 Å². The van der Waals surface area contributed by atoms with Crippen LogP contribution in [0.15, 0.2) is 47.1 Å². The Morgan fingerprint density at radius 2 is 1.96 bits per heavy atom. The molecule has 0 radical (unpaired) electrons. The largest absolute Gasteiger partial charge is 0.468 e. The molecule has 1 aliphatic heterocycles. The number of rotatable bonds is 5. The second-order valence-electron chi connectivity index (χ2n) is 5.82. The molecule has 1 atom stereocenters. The van der Waals surface area contributed by atoms with Gasteiger partial charge in [-0.2, -0.15) is 0 Å². The molecular formula is C18H21IN2O2. The molecular weight excluding hydrogens is 403 g/mol. The summed E-state index contributed by atoms with van der Waals surface area (Å²) in [4.78, 5) is 14.9. The number of carbonyl (C=O) groups is 1. The summed E-state index contributed by atoms with van der Waals surface area (Å²) >= 11 is 2.20. The summed E-state index contributed by atoms with van der Waals surface area (Å²) in [6, 6.07) is 11.7. The number of carbonyl (C=O) groups excluding carboxylic acids is 1. The molecule has 1 aromatic carbocycles. The van der Waals surface area contributed by atoms with Gasteiger partial charge in [0, 0.05) is 10.1 Å². The molecule has 122 valence electrons. The predicted molar refractivity (Wildman–Crippen MR) is 98.4 cm³/mol. The molecule has 0 bridgehead atoms. The van der Waals surface area contributed by atoms with Crippen LogP contribution in [0, 0.1) is 3.57 Å². The number of furan rings is 1. The number of amides is 1. The minimum Gasteiger partial charge on any atom is -0.468 e. The molecule has 1 saturated heterocycles. The normalized spacial score (nSPS) is 16.9.